The highest BCUT2D eigenvalue weighted by Gasteiger charge is 2.30. The number of aromatic hydroxyl groups is 4. The van der Waals surface area contributed by atoms with Gasteiger partial charge in [-0.15, -0.1) is 0 Å². The van der Waals surface area contributed by atoms with Crippen molar-refractivity contribution in [3.05, 3.63) is 46.5 Å². The second-order valence-electron chi connectivity index (χ2n) is 4.80. The van der Waals surface area contributed by atoms with Crippen molar-refractivity contribution in [2.45, 2.75) is 6.92 Å². The van der Waals surface area contributed by atoms with Crippen molar-refractivity contribution in [1.29, 1.82) is 0 Å². The van der Waals surface area contributed by atoms with Crippen LogP contribution < -0.4 is 0 Å². The van der Waals surface area contributed by atoms with Crippen LogP contribution in [-0.4, -0.2) is 39.3 Å². The van der Waals surface area contributed by atoms with E-state index in [-0.39, 0.29) is 5.56 Å². The summed E-state index contributed by atoms with van der Waals surface area (Å²) in [6.07, 6.45) is 0. The monoisotopic (exact) mass is 318 g/mol. The molecular weight excluding hydrogens is 304 g/mol. The van der Waals surface area contributed by atoms with Crippen LogP contribution in [0.1, 0.15) is 31.8 Å². The average molecular weight is 318 g/mol. The highest BCUT2D eigenvalue weighted by atomic mass is 16.5. The molecule has 2 rings (SSSR count). The molecule has 0 amide bonds. The molecule has 0 atom stereocenters. The Labute approximate surface area is 131 Å². The van der Waals surface area contributed by atoms with Crippen molar-refractivity contribution in [3.8, 4) is 23.0 Å². The van der Waals surface area contributed by atoms with E-state index in [1.807, 2.05) is 0 Å². The van der Waals surface area contributed by atoms with Crippen LogP contribution >= 0.6 is 0 Å². The minimum absolute atomic E-state index is 0.154. The number of carbonyl (C=O) groups excluding carboxylic acids is 2. The molecule has 0 unspecified atom stereocenters. The van der Waals surface area contributed by atoms with Gasteiger partial charge >= 0.3 is 5.97 Å². The van der Waals surface area contributed by atoms with Gasteiger partial charge in [-0.1, -0.05) is 6.07 Å². The molecule has 2 aromatic carbocycles. The van der Waals surface area contributed by atoms with Crippen molar-refractivity contribution < 1.29 is 34.8 Å². The van der Waals surface area contributed by atoms with E-state index in [4.69, 9.17) is 0 Å². The van der Waals surface area contributed by atoms with Gasteiger partial charge in [-0.25, -0.2) is 4.79 Å². The van der Waals surface area contributed by atoms with Gasteiger partial charge in [0.1, 0.15) is 34.1 Å². The number of ketones is 1. The van der Waals surface area contributed by atoms with Crippen molar-refractivity contribution in [3.63, 3.8) is 0 Å². The van der Waals surface area contributed by atoms with Crippen LogP contribution in [0.4, 0.5) is 0 Å². The summed E-state index contributed by atoms with van der Waals surface area (Å²) in [6, 6.07) is 4.73. The lowest BCUT2D eigenvalue weighted by atomic mass is 9.93. The van der Waals surface area contributed by atoms with Gasteiger partial charge in [-0.3, -0.25) is 4.79 Å². The number of ether oxygens (including phenoxy) is 1. The normalized spacial score (nSPS) is 10.3. The summed E-state index contributed by atoms with van der Waals surface area (Å²) < 4.78 is 4.53. The third-order valence-electron chi connectivity index (χ3n) is 3.33. The molecule has 0 bridgehead atoms. The Kier molecular flexibility index (Phi) is 4.13. The molecule has 0 aromatic heterocycles. The first-order valence-electron chi connectivity index (χ1n) is 6.49. The zero-order valence-corrected chi connectivity index (χ0v) is 12.3. The van der Waals surface area contributed by atoms with Gasteiger partial charge in [0.25, 0.3) is 0 Å². The first-order chi connectivity index (χ1) is 10.8. The van der Waals surface area contributed by atoms with E-state index in [0.717, 1.165) is 25.3 Å². The van der Waals surface area contributed by atoms with Crippen molar-refractivity contribution in [2.75, 3.05) is 7.11 Å². The van der Waals surface area contributed by atoms with Gasteiger partial charge in [0.05, 0.1) is 12.7 Å². The van der Waals surface area contributed by atoms with E-state index in [1.54, 1.807) is 0 Å². The Bertz CT molecular complexity index is 788. The smallest absolute Gasteiger partial charge is 0.342 e. The number of methoxy groups -OCH3 is 1. The van der Waals surface area contributed by atoms with Crippen LogP contribution in [0.5, 0.6) is 23.0 Å². The lowest BCUT2D eigenvalue weighted by Gasteiger charge is -2.14. The van der Waals surface area contributed by atoms with E-state index in [1.165, 1.54) is 13.0 Å². The molecule has 7 nitrogen and oxygen atoms in total. The second kappa shape index (κ2) is 5.88. The number of rotatable bonds is 3. The number of phenols is 4. The Balaban J connectivity index is 2.80. The molecule has 0 aliphatic carbocycles. The topological polar surface area (TPSA) is 124 Å². The van der Waals surface area contributed by atoms with Crippen molar-refractivity contribution in [2.24, 2.45) is 0 Å². The fourth-order valence-electron chi connectivity index (χ4n) is 2.21. The molecule has 0 aliphatic rings. The predicted molar refractivity (Wildman–Crippen MR) is 79.1 cm³/mol. The van der Waals surface area contributed by atoms with Gasteiger partial charge in [-0.05, 0) is 30.7 Å². The fourth-order valence-corrected chi connectivity index (χ4v) is 2.21. The van der Waals surface area contributed by atoms with Crippen LogP contribution in [0.15, 0.2) is 24.3 Å². The van der Waals surface area contributed by atoms with Crippen LogP contribution in [0.25, 0.3) is 0 Å². The first-order valence-corrected chi connectivity index (χ1v) is 6.49. The number of hydrogen-bond acceptors (Lipinski definition) is 7. The molecule has 23 heavy (non-hydrogen) atoms. The number of phenolic OH excluding ortho intramolecular Hbond substituents is 4. The van der Waals surface area contributed by atoms with E-state index in [9.17, 15) is 30.0 Å². The molecule has 7 heteroatoms. The number of aryl methyl sites for hydroxylation is 1. The van der Waals surface area contributed by atoms with E-state index >= 15 is 0 Å². The first kappa shape index (κ1) is 16.2. The highest BCUT2D eigenvalue weighted by Crippen LogP contribution is 2.38. The number of carbonyl (C=O) groups is 2. The Hall–Kier alpha value is -3.22. The minimum atomic E-state index is -1.04. The molecular formula is C16H14O7. The maximum atomic E-state index is 12.6. The summed E-state index contributed by atoms with van der Waals surface area (Å²) in [7, 11) is 1.05. The number of esters is 1. The van der Waals surface area contributed by atoms with Gasteiger partial charge in [0.2, 0.25) is 5.78 Å². The van der Waals surface area contributed by atoms with Crippen LogP contribution in [0.3, 0.4) is 0 Å². The van der Waals surface area contributed by atoms with Gasteiger partial charge < -0.3 is 25.2 Å². The summed E-state index contributed by atoms with van der Waals surface area (Å²) >= 11 is 0. The van der Waals surface area contributed by atoms with E-state index < -0.39 is 51.4 Å². The maximum Gasteiger partial charge on any atom is 0.342 e. The molecule has 120 valence electrons. The predicted octanol–water partition coefficient (Wildman–Crippen LogP) is 1.84. The number of hydrogen-bond donors (Lipinski definition) is 4. The molecule has 0 saturated heterocycles. The SMILES string of the molecule is COC(=O)c1c(O)c(C)cc(O)c1C(=O)c1c(O)cccc1O. The summed E-state index contributed by atoms with van der Waals surface area (Å²) in [6.45, 7) is 1.42. The van der Waals surface area contributed by atoms with E-state index in [2.05, 4.69) is 4.74 Å². The Morgan fingerprint density at radius 1 is 0.913 bits per heavy atom. The van der Waals surface area contributed by atoms with E-state index in [0.29, 0.717) is 0 Å². The quantitative estimate of drug-likeness (QED) is 0.386. The highest BCUT2D eigenvalue weighted by molar-refractivity contribution is 6.19. The lowest BCUT2D eigenvalue weighted by molar-refractivity contribution is 0.0593. The second-order valence-corrected chi connectivity index (χ2v) is 4.80. The molecule has 2 aromatic rings. The van der Waals surface area contributed by atoms with Crippen LogP contribution in [0, 0.1) is 6.92 Å². The summed E-state index contributed by atoms with van der Waals surface area (Å²) in [4.78, 5) is 24.5. The molecule has 0 aliphatic heterocycles. The Morgan fingerprint density at radius 2 is 1.48 bits per heavy atom. The van der Waals surface area contributed by atoms with Gasteiger partial charge in [0, 0.05) is 0 Å². The van der Waals surface area contributed by atoms with Crippen LogP contribution in [-0.2, 0) is 4.74 Å². The molecule has 0 radical (unpaired) electrons. The third kappa shape index (κ3) is 2.64. The molecule has 4 N–H and O–H groups in total. The molecule has 0 heterocycles. The van der Waals surface area contributed by atoms with Gasteiger partial charge in [0.15, 0.2) is 0 Å². The van der Waals surface area contributed by atoms with Crippen molar-refractivity contribution in [1.82, 2.24) is 0 Å². The van der Waals surface area contributed by atoms with Crippen LogP contribution in [0.2, 0.25) is 0 Å². The molecule has 0 fully saturated rings. The molecule has 0 saturated carbocycles. The number of benzene rings is 2. The molecule has 0 spiro atoms. The third-order valence-corrected chi connectivity index (χ3v) is 3.33. The lowest BCUT2D eigenvalue weighted by Crippen LogP contribution is -2.13. The largest absolute Gasteiger partial charge is 0.507 e. The summed E-state index contributed by atoms with van der Waals surface area (Å²) in [5, 5.41) is 39.7. The van der Waals surface area contributed by atoms with Gasteiger partial charge in [-0.2, -0.15) is 0 Å². The standard InChI is InChI=1S/C16H14O7/c1-7-6-10(19)12(13(14(7)20)16(22)23-2)15(21)11-8(17)4-3-5-9(11)18/h3-6,17-20H,1-2H3. The minimum Gasteiger partial charge on any atom is -0.507 e. The summed E-state index contributed by atoms with van der Waals surface area (Å²) in [5.74, 6) is -4.27. The van der Waals surface area contributed by atoms with Crippen molar-refractivity contribution >= 4 is 11.8 Å². The fraction of sp³-hybridized carbons (Fsp3) is 0.125. The Morgan fingerprint density at radius 3 is 2.00 bits per heavy atom. The maximum absolute atomic E-state index is 12.6. The zero-order chi connectivity index (χ0) is 17.3. The summed E-state index contributed by atoms with van der Waals surface area (Å²) in [5.41, 5.74) is -1.47. The average Bonchev–Trinajstić information content (AvgIpc) is 2.49. The zero-order valence-electron chi connectivity index (χ0n) is 12.3.